The van der Waals surface area contributed by atoms with Gasteiger partial charge in [-0.3, -0.25) is 4.79 Å². The Morgan fingerprint density at radius 3 is 2.66 bits per heavy atom. The summed E-state index contributed by atoms with van der Waals surface area (Å²) in [5.74, 6) is 0.682. The fraction of sp³-hybridized carbons (Fsp3) is 0.696. The molecule has 0 radical (unpaired) electrons. The number of benzene rings is 1. The molecule has 0 aliphatic carbocycles. The molecule has 4 rings (SSSR count). The van der Waals surface area contributed by atoms with E-state index >= 15 is 0 Å². The van der Waals surface area contributed by atoms with Crippen molar-refractivity contribution >= 4 is 5.97 Å². The number of ether oxygens (including phenoxy) is 5. The predicted octanol–water partition coefficient (Wildman–Crippen LogP) is 0.918. The molecule has 2 bridgehead atoms. The van der Waals surface area contributed by atoms with E-state index in [1.807, 2.05) is 38.1 Å². The van der Waals surface area contributed by atoms with Crippen LogP contribution in [0.4, 0.5) is 0 Å². The van der Waals surface area contributed by atoms with E-state index in [9.17, 15) is 15.0 Å². The quantitative estimate of drug-likeness (QED) is 0.543. The summed E-state index contributed by atoms with van der Waals surface area (Å²) in [6.45, 7) is 4.46. The number of methoxy groups -OCH3 is 1. The van der Waals surface area contributed by atoms with Crippen molar-refractivity contribution < 1.29 is 38.7 Å². The van der Waals surface area contributed by atoms with Crippen LogP contribution in [0.25, 0.3) is 0 Å². The average molecular weight is 452 g/mol. The second-order valence-corrected chi connectivity index (χ2v) is 9.05. The first kappa shape index (κ1) is 23.4. The highest BCUT2D eigenvalue weighted by Crippen LogP contribution is 2.36. The van der Waals surface area contributed by atoms with Crippen LogP contribution in [-0.4, -0.2) is 79.3 Å². The molecule has 0 unspecified atom stereocenters. The number of carbonyl (C=O) groups is 1. The third kappa shape index (κ3) is 4.93. The molecule has 1 aromatic carbocycles. The molecule has 9 heteroatoms. The van der Waals surface area contributed by atoms with Crippen LogP contribution in [0.3, 0.4) is 0 Å². The van der Waals surface area contributed by atoms with Gasteiger partial charge in [0, 0.05) is 13.0 Å². The Morgan fingerprint density at radius 1 is 1.22 bits per heavy atom. The van der Waals surface area contributed by atoms with Gasteiger partial charge in [0.1, 0.15) is 30.2 Å². The average Bonchev–Trinajstić information content (AvgIpc) is 3.30. The fourth-order valence-corrected chi connectivity index (χ4v) is 4.43. The maximum Gasteiger partial charge on any atom is 0.306 e. The van der Waals surface area contributed by atoms with Crippen molar-refractivity contribution in [1.82, 2.24) is 5.32 Å². The topological polar surface area (TPSA) is 116 Å². The summed E-state index contributed by atoms with van der Waals surface area (Å²) in [4.78, 5) is 12.3. The van der Waals surface area contributed by atoms with Gasteiger partial charge in [-0.25, -0.2) is 0 Å². The third-order valence-corrected chi connectivity index (χ3v) is 6.29. The lowest BCUT2D eigenvalue weighted by molar-refractivity contribution is -0.213. The molecule has 3 heterocycles. The Hall–Kier alpha value is -1.75. The maximum absolute atomic E-state index is 12.3. The van der Waals surface area contributed by atoms with Crippen molar-refractivity contribution in [1.29, 1.82) is 0 Å². The van der Waals surface area contributed by atoms with Gasteiger partial charge in [-0.15, -0.1) is 0 Å². The summed E-state index contributed by atoms with van der Waals surface area (Å²) in [7, 11) is 1.60. The summed E-state index contributed by atoms with van der Waals surface area (Å²) in [5, 5.41) is 24.7. The van der Waals surface area contributed by atoms with E-state index in [-0.39, 0.29) is 19.1 Å². The molecule has 1 aromatic rings. The highest BCUT2D eigenvalue weighted by Gasteiger charge is 2.53. The van der Waals surface area contributed by atoms with Crippen molar-refractivity contribution in [3.8, 4) is 5.75 Å². The minimum Gasteiger partial charge on any atom is -0.497 e. The van der Waals surface area contributed by atoms with Crippen LogP contribution in [-0.2, 0) is 23.7 Å². The second kappa shape index (κ2) is 10.0. The lowest BCUT2D eigenvalue weighted by Gasteiger charge is -2.32. The lowest BCUT2D eigenvalue weighted by atomic mass is 9.97. The minimum atomic E-state index is -1.09. The van der Waals surface area contributed by atoms with Crippen LogP contribution in [0.5, 0.6) is 5.75 Å². The molecule has 32 heavy (non-hydrogen) atoms. The van der Waals surface area contributed by atoms with Crippen LogP contribution in [0.2, 0.25) is 0 Å². The molecule has 9 nitrogen and oxygen atoms in total. The molecular formula is C23H33NO8. The molecular weight excluding hydrogens is 418 g/mol. The van der Waals surface area contributed by atoms with Gasteiger partial charge in [0.2, 0.25) is 0 Å². The Kier molecular flexibility index (Phi) is 7.34. The fourth-order valence-electron chi connectivity index (χ4n) is 4.43. The van der Waals surface area contributed by atoms with Gasteiger partial charge in [-0.1, -0.05) is 26.0 Å². The first-order valence-electron chi connectivity index (χ1n) is 11.2. The zero-order chi connectivity index (χ0) is 22.8. The largest absolute Gasteiger partial charge is 0.497 e. The molecule has 3 aliphatic heterocycles. The molecule has 0 spiro atoms. The van der Waals surface area contributed by atoms with Crippen LogP contribution >= 0.6 is 0 Å². The van der Waals surface area contributed by atoms with Gasteiger partial charge < -0.3 is 39.2 Å². The number of hydrogen-bond donors (Lipinski definition) is 3. The summed E-state index contributed by atoms with van der Waals surface area (Å²) >= 11 is 0. The van der Waals surface area contributed by atoms with E-state index in [4.69, 9.17) is 23.7 Å². The molecule has 0 aromatic heterocycles. The Bertz CT molecular complexity index is 772. The van der Waals surface area contributed by atoms with E-state index in [1.165, 1.54) is 0 Å². The Balaban J connectivity index is 1.53. The Labute approximate surface area is 187 Å². The number of carbonyl (C=O) groups excluding carboxylic acids is 1. The standard InChI is InChI=1S/C23H33NO8/c1-12(2)4-9-17(26)31-22-19(27)16-11-29-20(13-5-7-14(28-3)8-6-13)18-21(15(25)10-24-18)32-23(22)30-16/h5-8,12,15-16,18-25,27H,4,9-11H2,1-3H3/t15-,16+,18+,19-,20+,21+,22+,23-/m0/s1. The van der Waals surface area contributed by atoms with Crippen molar-refractivity contribution in [2.24, 2.45) is 5.92 Å². The molecule has 3 N–H and O–H groups in total. The summed E-state index contributed by atoms with van der Waals surface area (Å²) in [5.41, 5.74) is 0.884. The number of rotatable bonds is 6. The zero-order valence-electron chi connectivity index (χ0n) is 18.7. The van der Waals surface area contributed by atoms with Crippen molar-refractivity contribution in [2.75, 3.05) is 20.3 Å². The monoisotopic (exact) mass is 451 g/mol. The van der Waals surface area contributed by atoms with Gasteiger partial charge in [-0.2, -0.15) is 0 Å². The second-order valence-electron chi connectivity index (χ2n) is 9.05. The normalized spacial score (nSPS) is 36.8. The summed E-state index contributed by atoms with van der Waals surface area (Å²) in [6, 6.07) is 7.14. The number of fused-ring (bicyclic) bond motifs is 3. The van der Waals surface area contributed by atoms with Gasteiger partial charge in [-0.05, 0) is 30.0 Å². The van der Waals surface area contributed by atoms with Crippen molar-refractivity contribution in [2.45, 2.75) is 75.6 Å². The third-order valence-electron chi connectivity index (χ3n) is 6.29. The molecule has 0 saturated carbocycles. The number of aliphatic hydroxyl groups is 2. The van der Waals surface area contributed by atoms with E-state index in [0.717, 1.165) is 11.3 Å². The predicted molar refractivity (Wildman–Crippen MR) is 113 cm³/mol. The molecule has 3 saturated heterocycles. The maximum atomic E-state index is 12.3. The van der Waals surface area contributed by atoms with Crippen LogP contribution in [0, 0.1) is 5.92 Å². The first-order chi connectivity index (χ1) is 15.4. The SMILES string of the molecule is COc1ccc([C@H]2OC[C@H]3O[C@@H](O[C@H]4[C@@H]2NC[C@@H]4O)[C@H](OC(=O)CCC(C)C)[C@H]3O)cc1. The van der Waals surface area contributed by atoms with Crippen LogP contribution in [0.1, 0.15) is 38.4 Å². The van der Waals surface area contributed by atoms with Crippen LogP contribution < -0.4 is 10.1 Å². The van der Waals surface area contributed by atoms with Gasteiger partial charge >= 0.3 is 5.97 Å². The first-order valence-corrected chi connectivity index (χ1v) is 11.2. The highest BCUT2D eigenvalue weighted by molar-refractivity contribution is 5.69. The van der Waals surface area contributed by atoms with Crippen molar-refractivity contribution in [3.63, 3.8) is 0 Å². The van der Waals surface area contributed by atoms with Gasteiger partial charge in [0.25, 0.3) is 0 Å². The minimum absolute atomic E-state index is 0.0821. The van der Waals surface area contributed by atoms with E-state index in [1.54, 1.807) is 7.11 Å². The van der Waals surface area contributed by atoms with Crippen molar-refractivity contribution in [3.05, 3.63) is 29.8 Å². The molecule has 3 fully saturated rings. The summed E-state index contributed by atoms with van der Waals surface area (Å²) < 4.78 is 29.0. The number of hydrogen-bond acceptors (Lipinski definition) is 9. The highest BCUT2D eigenvalue weighted by atomic mass is 16.7. The summed E-state index contributed by atoms with van der Waals surface area (Å²) in [6.07, 6.45) is -4.75. The smallest absolute Gasteiger partial charge is 0.306 e. The van der Waals surface area contributed by atoms with Gasteiger partial charge in [0.15, 0.2) is 12.4 Å². The number of β-amino-alcohol motifs (C(OH)–C–C–N with tert-alkyl or cyclic N) is 1. The molecule has 8 atom stereocenters. The number of aliphatic hydroxyl groups excluding tert-OH is 2. The Morgan fingerprint density at radius 2 is 1.97 bits per heavy atom. The number of nitrogens with one attached hydrogen (secondary N) is 1. The van der Waals surface area contributed by atoms with Gasteiger partial charge in [0.05, 0.1) is 25.9 Å². The molecule has 178 valence electrons. The van der Waals surface area contributed by atoms with E-state index < -0.39 is 48.9 Å². The lowest BCUT2D eigenvalue weighted by Crippen LogP contribution is -2.47. The van der Waals surface area contributed by atoms with E-state index in [2.05, 4.69) is 5.32 Å². The van der Waals surface area contributed by atoms with E-state index in [0.29, 0.717) is 18.9 Å². The van der Waals surface area contributed by atoms with Crippen LogP contribution in [0.15, 0.2) is 24.3 Å². The molecule has 0 amide bonds. The molecule has 3 aliphatic rings. The zero-order valence-corrected chi connectivity index (χ0v) is 18.7. The number of esters is 1.